The molecular formula is C6H4BrN3S. The Morgan fingerprint density at radius 2 is 2.27 bits per heavy atom. The molecule has 5 heteroatoms. The summed E-state index contributed by atoms with van der Waals surface area (Å²) < 4.78 is 0.968. The van der Waals surface area contributed by atoms with E-state index < -0.39 is 0 Å². The van der Waals surface area contributed by atoms with Crippen LogP contribution in [0.1, 0.15) is 0 Å². The molecule has 0 spiro atoms. The minimum absolute atomic E-state index is 0.531. The second-order valence-electron chi connectivity index (χ2n) is 2.02. The van der Waals surface area contributed by atoms with Gasteiger partial charge in [-0.25, -0.2) is 9.97 Å². The fourth-order valence-corrected chi connectivity index (χ4v) is 2.44. The average Bonchev–Trinajstić information content (AvgIpc) is 2.34. The number of rotatable bonds is 0. The van der Waals surface area contributed by atoms with Crippen LogP contribution in [-0.4, -0.2) is 9.97 Å². The monoisotopic (exact) mass is 229 g/mol. The first-order valence-corrected chi connectivity index (χ1v) is 4.59. The van der Waals surface area contributed by atoms with Gasteiger partial charge >= 0.3 is 0 Å². The molecule has 2 heterocycles. The zero-order chi connectivity index (χ0) is 7.84. The van der Waals surface area contributed by atoms with E-state index in [0.29, 0.717) is 5.82 Å². The van der Waals surface area contributed by atoms with Crippen molar-refractivity contribution in [1.82, 2.24) is 9.97 Å². The van der Waals surface area contributed by atoms with Gasteiger partial charge in [0.05, 0.1) is 5.39 Å². The molecule has 0 fully saturated rings. The summed E-state index contributed by atoms with van der Waals surface area (Å²) in [6, 6.07) is 0. The summed E-state index contributed by atoms with van der Waals surface area (Å²) in [7, 11) is 0. The highest BCUT2D eigenvalue weighted by atomic mass is 79.9. The Bertz CT molecular complexity index is 398. The third kappa shape index (κ3) is 1.00. The SMILES string of the molecule is Nc1ncnc2scc(Br)c12. The van der Waals surface area contributed by atoms with Crippen molar-refractivity contribution in [2.24, 2.45) is 0 Å². The molecule has 0 aliphatic heterocycles. The van der Waals surface area contributed by atoms with Crippen molar-refractivity contribution in [3.8, 4) is 0 Å². The average molecular weight is 230 g/mol. The van der Waals surface area contributed by atoms with E-state index >= 15 is 0 Å². The van der Waals surface area contributed by atoms with E-state index in [1.54, 1.807) is 11.3 Å². The predicted molar refractivity (Wildman–Crippen MR) is 49.5 cm³/mol. The Labute approximate surface area is 75.4 Å². The molecule has 0 bridgehead atoms. The molecule has 0 unspecified atom stereocenters. The lowest BCUT2D eigenvalue weighted by atomic mass is 10.4. The van der Waals surface area contributed by atoms with Crippen LogP contribution < -0.4 is 5.73 Å². The van der Waals surface area contributed by atoms with E-state index in [-0.39, 0.29) is 0 Å². The summed E-state index contributed by atoms with van der Waals surface area (Å²) in [5, 5.41) is 2.87. The van der Waals surface area contributed by atoms with Crippen molar-refractivity contribution < 1.29 is 0 Å². The van der Waals surface area contributed by atoms with E-state index in [0.717, 1.165) is 14.7 Å². The van der Waals surface area contributed by atoms with Crippen molar-refractivity contribution in [3.63, 3.8) is 0 Å². The van der Waals surface area contributed by atoms with Crippen LogP contribution >= 0.6 is 27.3 Å². The minimum Gasteiger partial charge on any atom is -0.383 e. The fourth-order valence-electron chi connectivity index (χ4n) is 0.862. The van der Waals surface area contributed by atoms with E-state index in [2.05, 4.69) is 25.9 Å². The van der Waals surface area contributed by atoms with E-state index in [1.807, 2.05) is 5.38 Å². The first kappa shape index (κ1) is 7.00. The van der Waals surface area contributed by atoms with Gasteiger partial charge in [0.2, 0.25) is 0 Å². The largest absolute Gasteiger partial charge is 0.383 e. The van der Waals surface area contributed by atoms with Gasteiger partial charge in [-0.2, -0.15) is 0 Å². The standard InChI is InChI=1S/C6H4BrN3S/c7-3-1-11-6-4(3)5(8)9-2-10-6/h1-2H,(H2,8,9,10). The summed E-state index contributed by atoms with van der Waals surface area (Å²) in [6.07, 6.45) is 1.47. The van der Waals surface area contributed by atoms with E-state index in [4.69, 9.17) is 5.73 Å². The Morgan fingerprint density at radius 1 is 1.45 bits per heavy atom. The molecule has 2 aromatic heterocycles. The molecule has 2 aromatic rings. The third-order valence-corrected chi connectivity index (χ3v) is 3.17. The fraction of sp³-hybridized carbons (Fsp3) is 0. The molecule has 2 rings (SSSR count). The van der Waals surface area contributed by atoms with Crippen LogP contribution in [0, 0.1) is 0 Å². The highest BCUT2D eigenvalue weighted by Crippen LogP contribution is 2.31. The van der Waals surface area contributed by atoms with Gasteiger partial charge in [-0.05, 0) is 15.9 Å². The second kappa shape index (κ2) is 2.42. The van der Waals surface area contributed by atoms with Crippen molar-refractivity contribution in [2.45, 2.75) is 0 Å². The number of thiophene rings is 1. The second-order valence-corrected chi connectivity index (χ2v) is 3.74. The van der Waals surface area contributed by atoms with Gasteiger partial charge in [0.1, 0.15) is 17.0 Å². The van der Waals surface area contributed by atoms with Gasteiger partial charge in [0.25, 0.3) is 0 Å². The van der Waals surface area contributed by atoms with Gasteiger partial charge in [0, 0.05) is 9.85 Å². The summed E-state index contributed by atoms with van der Waals surface area (Å²) >= 11 is 4.92. The molecule has 0 saturated heterocycles. The molecule has 0 radical (unpaired) electrons. The molecule has 2 N–H and O–H groups in total. The zero-order valence-electron chi connectivity index (χ0n) is 5.41. The number of nitrogen functional groups attached to an aromatic ring is 1. The third-order valence-electron chi connectivity index (χ3n) is 1.35. The summed E-state index contributed by atoms with van der Waals surface area (Å²) in [5.41, 5.74) is 5.63. The molecule has 0 saturated carbocycles. The van der Waals surface area contributed by atoms with Crippen molar-refractivity contribution in [1.29, 1.82) is 0 Å². The highest BCUT2D eigenvalue weighted by molar-refractivity contribution is 9.10. The summed E-state index contributed by atoms with van der Waals surface area (Å²) in [6.45, 7) is 0. The lowest BCUT2D eigenvalue weighted by Gasteiger charge is -1.92. The van der Waals surface area contributed by atoms with Crippen LogP contribution in [0.4, 0.5) is 5.82 Å². The van der Waals surface area contributed by atoms with E-state index in [9.17, 15) is 0 Å². The predicted octanol–water partition coefficient (Wildman–Crippen LogP) is 2.04. The van der Waals surface area contributed by atoms with Gasteiger partial charge < -0.3 is 5.73 Å². The van der Waals surface area contributed by atoms with Crippen molar-refractivity contribution in [2.75, 3.05) is 5.73 Å². The van der Waals surface area contributed by atoms with Gasteiger partial charge in [-0.3, -0.25) is 0 Å². The molecule has 0 atom stereocenters. The highest BCUT2D eigenvalue weighted by Gasteiger charge is 2.05. The maximum absolute atomic E-state index is 5.63. The molecule has 0 aliphatic carbocycles. The number of aromatic nitrogens is 2. The molecule has 0 amide bonds. The molecule has 56 valence electrons. The molecule has 3 nitrogen and oxygen atoms in total. The van der Waals surface area contributed by atoms with Crippen LogP contribution in [0.15, 0.2) is 16.2 Å². The van der Waals surface area contributed by atoms with Gasteiger partial charge in [0.15, 0.2) is 0 Å². The zero-order valence-corrected chi connectivity index (χ0v) is 7.82. The number of hydrogen-bond acceptors (Lipinski definition) is 4. The molecule has 0 aliphatic rings. The summed E-state index contributed by atoms with van der Waals surface area (Å²) in [4.78, 5) is 8.86. The molecule has 11 heavy (non-hydrogen) atoms. The number of nitrogens with zero attached hydrogens (tertiary/aromatic N) is 2. The first-order valence-electron chi connectivity index (χ1n) is 2.92. The Balaban J connectivity index is 2.96. The molecular weight excluding hydrogens is 226 g/mol. The lowest BCUT2D eigenvalue weighted by Crippen LogP contribution is -1.90. The van der Waals surface area contributed by atoms with Crippen LogP contribution in [-0.2, 0) is 0 Å². The normalized spacial score (nSPS) is 10.6. The van der Waals surface area contributed by atoms with Crippen LogP contribution in [0.2, 0.25) is 0 Å². The smallest absolute Gasteiger partial charge is 0.136 e. The number of halogens is 1. The minimum atomic E-state index is 0.531. The number of fused-ring (bicyclic) bond motifs is 1. The van der Waals surface area contributed by atoms with Crippen molar-refractivity contribution >= 4 is 43.3 Å². The quantitative estimate of drug-likeness (QED) is 0.753. The maximum atomic E-state index is 5.63. The Morgan fingerprint density at radius 3 is 3.00 bits per heavy atom. The number of hydrogen-bond donors (Lipinski definition) is 1. The molecule has 0 aromatic carbocycles. The van der Waals surface area contributed by atoms with Crippen LogP contribution in [0.3, 0.4) is 0 Å². The summed E-state index contributed by atoms with van der Waals surface area (Å²) in [5.74, 6) is 0.531. The Kier molecular flexibility index (Phi) is 1.54. The number of anilines is 1. The van der Waals surface area contributed by atoms with Crippen LogP contribution in [0.25, 0.3) is 10.2 Å². The first-order chi connectivity index (χ1) is 5.29. The number of nitrogens with two attached hydrogens (primary N) is 1. The topological polar surface area (TPSA) is 51.8 Å². The van der Waals surface area contributed by atoms with Crippen molar-refractivity contribution in [3.05, 3.63) is 16.2 Å². The van der Waals surface area contributed by atoms with E-state index in [1.165, 1.54) is 6.33 Å². The Hall–Kier alpha value is -0.680. The lowest BCUT2D eigenvalue weighted by molar-refractivity contribution is 1.24. The maximum Gasteiger partial charge on any atom is 0.136 e. The van der Waals surface area contributed by atoms with Gasteiger partial charge in [-0.1, -0.05) is 0 Å². The van der Waals surface area contributed by atoms with Crippen LogP contribution in [0.5, 0.6) is 0 Å². The van der Waals surface area contributed by atoms with Gasteiger partial charge in [-0.15, -0.1) is 11.3 Å².